The van der Waals surface area contributed by atoms with Crippen LogP contribution in [0.1, 0.15) is 10.6 Å². The average Bonchev–Trinajstić information content (AvgIpc) is 2.93. The molecule has 0 spiro atoms. The zero-order chi connectivity index (χ0) is 14.8. The van der Waals surface area contributed by atoms with Crippen LogP contribution in [0.15, 0.2) is 54.6 Å². The SMILES string of the molecule is O=C(O)c1nc(-c2cccc(Cl)c2)n(-c2ccccc2)n1. The lowest BCUT2D eigenvalue weighted by molar-refractivity contribution is 0.0683. The summed E-state index contributed by atoms with van der Waals surface area (Å²) in [6.45, 7) is 0. The molecule has 0 amide bonds. The van der Waals surface area contributed by atoms with Crippen molar-refractivity contribution >= 4 is 17.6 Å². The summed E-state index contributed by atoms with van der Waals surface area (Å²) in [5.74, 6) is -0.997. The van der Waals surface area contributed by atoms with E-state index in [1.807, 2.05) is 30.3 Å². The molecule has 3 rings (SSSR count). The van der Waals surface area contributed by atoms with E-state index in [9.17, 15) is 4.79 Å². The van der Waals surface area contributed by atoms with Gasteiger partial charge in [-0.05, 0) is 24.3 Å². The monoisotopic (exact) mass is 299 g/mol. The minimum absolute atomic E-state index is 0.256. The molecule has 6 heteroatoms. The number of para-hydroxylation sites is 1. The summed E-state index contributed by atoms with van der Waals surface area (Å²) < 4.78 is 1.50. The van der Waals surface area contributed by atoms with E-state index in [4.69, 9.17) is 16.7 Å². The van der Waals surface area contributed by atoms with Gasteiger partial charge in [-0.1, -0.05) is 41.9 Å². The molecule has 5 nitrogen and oxygen atoms in total. The van der Waals surface area contributed by atoms with E-state index in [1.165, 1.54) is 4.68 Å². The van der Waals surface area contributed by atoms with Gasteiger partial charge < -0.3 is 5.11 Å². The Morgan fingerprint density at radius 2 is 1.86 bits per heavy atom. The maximum Gasteiger partial charge on any atom is 0.375 e. The molecule has 0 bridgehead atoms. The lowest BCUT2D eigenvalue weighted by Gasteiger charge is -2.05. The van der Waals surface area contributed by atoms with Crippen LogP contribution in [0, 0.1) is 0 Å². The fraction of sp³-hybridized carbons (Fsp3) is 0. The smallest absolute Gasteiger partial charge is 0.375 e. The molecule has 3 aromatic rings. The third-order valence-electron chi connectivity index (χ3n) is 2.88. The van der Waals surface area contributed by atoms with Gasteiger partial charge in [0.1, 0.15) is 0 Å². The highest BCUT2D eigenvalue weighted by atomic mass is 35.5. The summed E-state index contributed by atoms with van der Waals surface area (Å²) in [6, 6.07) is 16.3. The Kier molecular flexibility index (Phi) is 3.41. The third kappa shape index (κ3) is 2.64. The molecule has 1 heterocycles. The van der Waals surface area contributed by atoms with Crippen molar-refractivity contribution in [2.24, 2.45) is 0 Å². The molecule has 0 aliphatic heterocycles. The number of carboxylic acid groups (broad SMARTS) is 1. The summed E-state index contributed by atoms with van der Waals surface area (Å²) in [5, 5.41) is 13.7. The first-order valence-corrected chi connectivity index (χ1v) is 6.54. The molecule has 0 unspecified atom stereocenters. The second-order valence-electron chi connectivity index (χ2n) is 4.32. The molecule has 0 saturated heterocycles. The van der Waals surface area contributed by atoms with Crippen LogP contribution in [0.5, 0.6) is 0 Å². The van der Waals surface area contributed by atoms with Gasteiger partial charge in [0, 0.05) is 10.6 Å². The highest BCUT2D eigenvalue weighted by Gasteiger charge is 2.17. The number of halogens is 1. The summed E-state index contributed by atoms with van der Waals surface area (Å²) in [5.41, 5.74) is 1.43. The van der Waals surface area contributed by atoms with Gasteiger partial charge in [0.15, 0.2) is 5.82 Å². The molecular formula is C15H10ClN3O2. The Labute approximate surface area is 125 Å². The van der Waals surface area contributed by atoms with Crippen LogP contribution >= 0.6 is 11.6 Å². The van der Waals surface area contributed by atoms with E-state index in [0.29, 0.717) is 16.4 Å². The van der Waals surface area contributed by atoms with E-state index in [0.717, 1.165) is 5.69 Å². The molecule has 0 atom stereocenters. The fourth-order valence-electron chi connectivity index (χ4n) is 1.97. The number of nitrogens with zero attached hydrogens (tertiary/aromatic N) is 3. The van der Waals surface area contributed by atoms with Crippen molar-refractivity contribution in [2.45, 2.75) is 0 Å². The number of aromatic carboxylic acids is 1. The number of benzene rings is 2. The fourth-order valence-corrected chi connectivity index (χ4v) is 2.16. The molecule has 21 heavy (non-hydrogen) atoms. The molecule has 0 fully saturated rings. The van der Waals surface area contributed by atoms with Crippen LogP contribution in [0.3, 0.4) is 0 Å². The molecule has 2 aromatic carbocycles. The second-order valence-corrected chi connectivity index (χ2v) is 4.76. The van der Waals surface area contributed by atoms with Gasteiger partial charge in [-0.15, -0.1) is 5.10 Å². The molecule has 0 aliphatic rings. The number of rotatable bonds is 3. The number of aromatic nitrogens is 3. The van der Waals surface area contributed by atoms with Gasteiger partial charge >= 0.3 is 5.97 Å². The van der Waals surface area contributed by atoms with E-state index >= 15 is 0 Å². The molecule has 1 aromatic heterocycles. The number of carboxylic acids is 1. The Hall–Kier alpha value is -2.66. The maximum absolute atomic E-state index is 11.1. The van der Waals surface area contributed by atoms with Crippen molar-refractivity contribution in [1.29, 1.82) is 0 Å². The molecule has 1 N–H and O–H groups in total. The van der Waals surface area contributed by atoms with Crippen LogP contribution in [-0.2, 0) is 0 Å². The van der Waals surface area contributed by atoms with Gasteiger partial charge in [-0.3, -0.25) is 0 Å². The van der Waals surface area contributed by atoms with Gasteiger partial charge in [-0.25, -0.2) is 14.5 Å². The van der Waals surface area contributed by atoms with Crippen molar-refractivity contribution in [1.82, 2.24) is 14.8 Å². The summed E-state index contributed by atoms with van der Waals surface area (Å²) >= 11 is 5.99. The van der Waals surface area contributed by atoms with Crippen molar-refractivity contribution in [3.8, 4) is 17.1 Å². The Morgan fingerprint density at radius 3 is 2.52 bits per heavy atom. The van der Waals surface area contributed by atoms with Gasteiger partial charge in [0.25, 0.3) is 5.82 Å². The van der Waals surface area contributed by atoms with Crippen molar-refractivity contribution in [2.75, 3.05) is 0 Å². The van der Waals surface area contributed by atoms with Gasteiger partial charge in [-0.2, -0.15) is 0 Å². The molecule has 0 radical (unpaired) electrons. The van der Waals surface area contributed by atoms with Gasteiger partial charge in [0.2, 0.25) is 0 Å². The molecule has 104 valence electrons. The van der Waals surface area contributed by atoms with Crippen molar-refractivity contribution in [3.05, 3.63) is 65.4 Å². The minimum Gasteiger partial charge on any atom is -0.475 e. The van der Waals surface area contributed by atoms with Crippen LogP contribution in [0.2, 0.25) is 5.02 Å². The maximum atomic E-state index is 11.1. The lowest BCUT2D eigenvalue weighted by Crippen LogP contribution is -2.02. The zero-order valence-corrected chi connectivity index (χ0v) is 11.5. The van der Waals surface area contributed by atoms with Crippen LogP contribution in [-0.4, -0.2) is 25.8 Å². The van der Waals surface area contributed by atoms with Crippen LogP contribution < -0.4 is 0 Å². The largest absolute Gasteiger partial charge is 0.475 e. The Balaban J connectivity index is 2.21. The third-order valence-corrected chi connectivity index (χ3v) is 3.12. The first kappa shape index (κ1) is 13.3. The summed E-state index contributed by atoms with van der Waals surface area (Å²) in [4.78, 5) is 15.2. The lowest BCUT2D eigenvalue weighted by atomic mass is 10.2. The highest BCUT2D eigenvalue weighted by Crippen LogP contribution is 2.23. The predicted molar refractivity (Wildman–Crippen MR) is 78.8 cm³/mol. The first-order valence-electron chi connectivity index (χ1n) is 6.17. The van der Waals surface area contributed by atoms with E-state index in [-0.39, 0.29) is 5.82 Å². The number of hydrogen-bond acceptors (Lipinski definition) is 3. The van der Waals surface area contributed by atoms with E-state index < -0.39 is 5.97 Å². The van der Waals surface area contributed by atoms with Gasteiger partial charge in [0.05, 0.1) is 5.69 Å². The number of hydrogen-bond donors (Lipinski definition) is 1. The number of carbonyl (C=O) groups is 1. The second kappa shape index (κ2) is 5.38. The summed E-state index contributed by atoms with van der Waals surface area (Å²) in [6.07, 6.45) is 0. The standard InChI is InChI=1S/C15H10ClN3O2/c16-11-6-4-5-10(9-11)14-17-13(15(20)21)18-19(14)12-7-2-1-3-8-12/h1-9H,(H,20,21). The zero-order valence-electron chi connectivity index (χ0n) is 10.8. The predicted octanol–water partition coefficient (Wildman–Crippen LogP) is 3.29. The topological polar surface area (TPSA) is 68.0 Å². The Morgan fingerprint density at radius 1 is 1.10 bits per heavy atom. The average molecular weight is 300 g/mol. The van der Waals surface area contributed by atoms with Crippen molar-refractivity contribution < 1.29 is 9.90 Å². The minimum atomic E-state index is -1.17. The van der Waals surface area contributed by atoms with Crippen LogP contribution in [0.4, 0.5) is 0 Å². The highest BCUT2D eigenvalue weighted by molar-refractivity contribution is 6.30. The molecule has 0 aliphatic carbocycles. The molecule has 0 saturated carbocycles. The quantitative estimate of drug-likeness (QED) is 0.806. The first-order chi connectivity index (χ1) is 10.1. The summed E-state index contributed by atoms with van der Waals surface area (Å²) in [7, 11) is 0. The van der Waals surface area contributed by atoms with E-state index in [1.54, 1.807) is 24.3 Å². The van der Waals surface area contributed by atoms with Crippen LogP contribution in [0.25, 0.3) is 17.1 Å². The van der Waals surface area contributed by atoms with E-state index in [2.05, 4.69) is 10.1 Å². The van der Waals surface area contributed by atoms with Crippen molar-refractivity contribution in [3.63, 3.8) is 0 Å². The molecular weight excluding hydrogens is 290 g/mol. The normalized spacial score (nSPS) is 10.5. The Bertz CT molecular complexity index is 800.